The molecule has 2 rings (SSSR count). The number of aromatic nitrogens is 2. The lowest BCUT2D eigenvalue weighted by Crippen LogP contribution is -2.06. The van der Waals surface area contributed by atoms with Crippen molar-refractivity contribution in [3.8, 4) is 11.3 Å². The predicted octanol–water partition coefficient (Wildman–Crippen LogP) is 2.94. The summed E-state index contributed by atoms with van der Waals surface area (Å²) in [5.74, 6) is 0.823. The first-order valence-corrected chi connectivity index (χ1v) is 4.63. The molecule has 1 aromatic carbocycles. The number of aromatic amines is 1. The normalized spacial score (nSPS) is 11.1. The van der Waals surface area contributed by atoms with Crippen molar-refractivity contribution >= 4 is 24.8 Å². The van der Waals surface area contributed by atoms with Crippen LogP contribution >= 0.6 is 24.8 Å². The highest BCUT2D eigenvalue weighted by molar-refractivity contribution is 5.85. The molecule has 0 aliphatic rings. The molecule has 1 unspecified atom stereocenters. The van der Waals surface area contributed by atoms with Gasteiger partial charge in [0, 0.05) is 0 Å². The van der Waals surface area contributed by atoms with Crippen LogP contribution in [0.25, 0.3) is 11.3 Å². The van der Waals surface area contributed by atoms with Gasteiger partial charge in [-0.2, -0.15) is 0 Å². The Morgan fingerprint density at radius 2 is 1.81 bits per heavy atom. The van der Waals surface area contributed by atoms with Crippen LogP contribution in [0.15, 0.2) is 36.5 Å². The largest absolute Gasteiger partial charge is 0.341 e. The minimum atomic E-state index is -0.0486. The van der Waals surface area contributed by atoms with E-state index in [1.165, 1.54) is 0 Å². The van der Waals surface area contributed by atoms with Crippen LogP contribution in [0, 0.1) is 0 Å². The van der Waals surface area contributed by atoms with Gasteiger partial charge >= 0.3 is 0 Å². The second-order valence-electron chi connectivity index (χ2n) is 3.34. The number of nitrogens with one attached hydrogen (secondary N) is 1. The van der Waals surface area contributed by atoms with Crippen LogP contribution in [0.4, 0.5) is 0 Å². The van der Waals surface area contributed by atoms with E-state index in [2.05, 4.69) is 9.97 Å². The number of imidazole rings is 1. The molecule has 16 heavy (non-hydrogen) atoms. The van der Waals surface area contributed by atoms with Crippen LogP contribution in [0.1, 0.15) is 18.8 Å². The van der Waals surface area contributed by atoms with E-state index in [0.29, 0.717) is 0 Å². The summed E-state index contributed by atoms with van der Waals surface area (Å²) in [6, 6.07) is 10.0. The Kier molecular flexibility index (Phi) is 6.11. The van der Waals surface area contributed by atoms with Crippen molar-refractivity contribution in [2.45, 2.75) is 13.0 Å². The fourth-order valence-corrected chi connectivity index (χ4v) is 1.33. The molecule has 0 amide bonds. The maximum absolute atomic E-state index is 5.71. The molecule has 3 N–H and O–H groups in total. The first-order valence-electron chi connectivity index (χ1n) is 4.63. The zero-order valence-electron chi connectivity index (χ0n) is 8.88. The van der Waals surface area contributed by atoms with Gasteiger partial charge in [-0.25, -0.2) is 4.98 Å². The van der Waals surface area contributed by atoms with Crippen molar-refractivity contribution in [2.24, 2.45) is 5.73 Å². The molecule has 0 radical (unpaired) electrons. The highest BCUT2D eigenvalue weighted by Gasteiger charge is 2.05. The van der Waals surface area contributed by atoms with E-state index in [9.17, 15) is 0 Å². The molecule has 0 fully saturated rings. The lowest BCUT2D eigenvalue weighted by Gasteiger charge is -1.99. The minimum Gasteiger partial charge on any atom is -0.341 e. The Morgan fingerprint density at radius 3 is 2.31 bits per heavy atom. The highest BCUT2D eigenvalue weighted by atomic mass is 35.5. The van der Waals surface area contributed by atoms with Crippen LogP contribution < -0.4 is 5.73 Å². The van der Waals surface area contributed by atoms with Crippen LogP contribution in [0.2, 0.25) is 0 Å². The first kappa shape index (κ1) is 15.0. The average molecular weight is 260 g/mol. The Morgan fingerprint density at radius 1 is 1.19 bits per heavy atom. The maximum Gasteiger partial charge on any atom is 0.123 e. The molecule has 5 heteroatoms. The summed E-state index contributed by atoms with van der Waals surface area (Å²) in [6.07, 6.45) is 1.81. The molecule has 0 spiro atoms. The molecule has 88 valence electrons. The van der Waals surface area contributed by atoms with E-state index in [0.717, 1.165) is 17.1 Å². The topological polar surface area (TPSA) is 54.7 Å². The summed E-state index contributed by atoms with van der Waals surface area (Å²) in [5, 5.41) is 0. The van der Waals surface area contributed by atoms with Gasteiger partial charge in [0.05, 0.1) is 17.9 Å². The van der Waals surface area contributed by atoms with Crippen LogP contribution in [-0.4, -0.2) is 9.97 Å². The summed E-state index contributed by atoms with van der Waals surface area (Å²) in [6.45, 7) is 1.91. The maximum atomic E-state index is 5.71. The Balaban J connectivity index is 0.00000112. The molecule has 1 atom stereocenters. The monoisotopic (exact) mass is 259 g/mol. The van der Waals surface area contributed by atoms with Crippen molar-refractivity contribution < 1.29 is 0 Å². The third-order valence-electron chi connectivity index (χ3n) is 2.11. The smallest absolute Gasteiger partial charge is 0.123 e. The van der Waals surface area contributed by atoms with Gasteiger partial charge in [-0.05, 0) is 12.5 Å². The van der Waals surface area contributed by atoms with Crippen LogP contribution in [-0.2, 0) is 0 Å². The zero-order chi connectivity index (χ0) is 9.97. The minimum absolute atomic E-state index is 0. The van der Waals surface area contributed by atoms with Gasteiger partial charge in [0.15, 0.2) is 0 Å². The number of H-pyrrole nitrogens is 1. The second-order valence-corrected chi connectivity index (χ2v) is 3.34. The summed E-state index contributed by atoms with van der Waals surface area (Å²) in [7, 11) is 0. The molecular weight excluding hydrogens is 245 g/mol. The number of nitrogens with zero attached hydrogens (tertiary/aromatic N) is 1. The molecule has 0 saturated carbocycles. The van der Waals surface area contributed by atoms with E-state index in [4.69, 9.17) is 5.73 Å². The summed E-state index contributed by atoms with van der Waals surface area (Å²) in [4.78, 5) is 7.40. The molecule has 0 aliphatic carbocycles. The van der Waals surface area contributed by atoms with E-state index >= 15 is 0 Å². The Bertz CT molecular complexity index is 412. The molecular formula is C11H15Cl2N3. The van der Waals surface area contributed by atoms with Gasteiger partial charge in [-0.1, -0.05) is 30.3 Å². The number of hydrogen-bond acceptors (Lipinski definition) is 2. The fourth-order valence-electron chi connectivity index (χ4n) is 1.33. The number of hydrogen-bond donors (Lipinski definition) is 2. The molecule has 3 nitrogen and oxygen atoms in total. The van der Waals surface area contributed by atoms with Crippen molar-refractivity contribution in [3.63, 3.8) is 0 Å². The standard InChI is InChI=1S/C11H13N3.2ClH/c1-8(12)11-13-7-10(14-11)9-5-3-2-4-6-9;;/h2-8H,12H2,1H3,(H,13,14);2*1H. The van der Waals surface area contributed by atoms with Crippen LogP contribution in [0.3, 0.4) is 0 Å². The third kappa shape index (κ3) is 3.23. The molecule has 0 aliphatic heterocycles. The van der Waals surface area contributed by atoms with E-state index in [1.54, 1.807) is 0 Å². The number of halogens is 2. The Hall–Kier alpha value is -1.03. The second kappa shape index (κ2) is 6.53. The van der Waals surface area contributed by atoms with Gasteiger partial charge in [-0.3, -0.25) is 0 Å². The molecule has 0 saturated heterocycles. The van der Waals surface area contributed by atoms with Crippen molar-refractivity contribution in [1.82, 2.24) is 9.97 Å². The lowest BCUT2D eigenvalue weighted by atomic mass is 10.2. The SMILES string of the molecule is CC(N)c1ncc(-c2ccccc2)[nH]1.Cl.Cl. The van der Waals surface area contributed by atoms with Crippen molar-refractivity contribution in [2.75, 3.05) is 0 Å². The average Bonchev–Trinajstić information content (AvgIpc) is 2.68. The summed E-state index contributed by atoms with van der Waals surface area (Å²) >= 11 is 0. The van der Waals surface area contributed by atoms with E-state index < -0.39 is 0 Å². The number of benzene rings is 1. The third-order valence-corrected chi connectivity index (χ3v) is 2.11. The highest BCUT2D eigenvalue weighted by Crippen LogP contribution is 2.17. The summed E-state index contributed by atoms with van der Waals surface area (Å²) < 4.78 is 0. The summed E-state index contributed by atoms with van der Waals surface area (Å²) in [5.41, 5.74) is 7.85. The quantitative estimate of drug-likeness (QED) is 0.872. The van der Waals surface area contributed by atoms with Gasteiger partial charge in [-0.15, -0.1) is 24.8 Å². The van der Waals surface area contributed by atoms with Gasteiger partial charge in [0.2, 0.25) is 0 Å². The van der Waals surface area contributed by atoms with Gasteiger partial charge < -0.3 is 10.7 Å². The van der Waals surface area contributed by atoms with Gasteiger partial charge in [0.1, 0.15) is 5.82 Å². The van der Waals surface area contributed by atoms with Crippen LogP contribution in [0.5, 0.6) is 0 Å². The first-order chi connectivity index (χ1) is 6.77. The fraction of sp³-hybridized carbons (Fsp3) is 0.182. The van der Waals surface area contributed by atoms with Crippen molar-refractivity contribution in [1.29, 1.82) is 0 Å². The van der Waals surface area contributed by atoms with E-state index in [1.807, 2.05) is 43.5 Å². The lowest BCUT2D eigenvalue weighted by molar-refractivity contribution is 0.756. The van der Waals surface area contributed by atoms with Crippen molar-refractivity contribution in [3.05, 3.63) is 42.4 Å². The van der Waals surface area contributed by atoms with Gasteiger partial charge in [0.25, 0.3) is 0 Å². The molecule has 2 aromatic rings. The molecule has 0 bridgehead atoms. The molecule has 1 aromatic heterocycles. The predicted molar refractivity (Wildman–Crippen MR) is 71.1 cm³/mol. The molecule has 1 heterocycles. The Labute approximate surface area is 107 Å². The zero-order valence-corrected chi connectivity index (χ0v) is 10.5. The number of rotatable bonds is 2. The van der Waals surface area contributed by atoms with E-state index in [-0.39, 0.29) is 30.9 Å². The number of nitrogens with two attached hydrogens (primary N) is 1.